The van der Waals surface area contributed by atoms with Crippen LogP contribution >= 0.6 is 11.6 Å². The SMILES string of the molecule is Cc1cnc2c(c1)nc(C(C)Cl)n2CC1(N(C)C)CCC1. The molecule has 114 valence electrons. The van der Waals surface area contributed by atoms with Crippen LogP contribution in [0.25, 0.3) is 11.2 Å². The molecule has 0 radical (unpaired) electrons. The fraction of sp³-hybridized carbons (Fsp3) is 0.625. The van der Waals surface area contributed by atoms with Gasteiger partial charge in [0.1, 0.15) is 11.3 Å². The predicted molar refractivity (Wildman–Crippen MR) is 86.8 cm³/mol. The molecule has 0 saturated heterocycles. The fourth-order valence-electron chi connectivity index (χ4n) is 3.21. The van der Waals surface area contributed by atoms with Crippen molar-refractivity contribution < 1.29 is 0 Å². The summed E-state index contributed by atoms with van der Waals surface area (Å²) in [7, 11) is 4.33. The summed E-state index contributed by atoms with van der Waals surface area (Å²) >= 11 is 6.36. The highest BCUT2D eigenvalue weighted by Gasteiger charge is 2.40. The molecule has 0 bridgehead atoms. The van der Waals surface area contributed by atoms with Gasteiger partial charge in [-0.15, -0.1) is 11.6 Å². The number of halogens is 1. The molecule has 1 aliphatic carbocycles. The molecule has 1 atom stereocenters. The van der Waals surface area contributed by atoms with Crippen molar-refractivity contribution in [3.63, 3.8) is 0 Å². The van der Waals surface area contributed by atoms with Crippen molar-refractivity contribution in [3.8, 4) is 0 Å². The molecule has 0 aliphatic heterocycles. The van der Waals surface area contributed by atoms with Crippen LogP contribution in [0.1, 0.15) is 43.0 Å². The van der Waals surface area contributed by atoms with Gasteiger partial charge in [-0.05, 0) is 58.8 Å². The number of imidazole rings is 1. The first-order valence-electron chi connectivity index (χ1n) is 7.57. The Morgan fingerprint density at radius 1 is 1.43 bits per heavy atom. The lowest BCUT2D eigenvalue weighted by Crippen LogP contribution is -2.53. The molecule has 1 fully saturated rings. The van der Waals surface area contributed by atoms with Gasteiger partial charge < -0.3 is 9.47 Å². The van der Waals surface area contributed by atoms with E-state index in [0.717, 1.165) is 29.1 Å². The number of hydrogen-bond acceptors (Lipinski definition) is 3. The van der Waals surface area contributed by atoms with Crippen molar-refractivity contribution in [1.82, 2.24) is 19.4 Å². The Bertz CT molecular complexity index is 656. The Hall–Kier alpha value is -1.13. The van der Waals surface area contributed by atoms with Gasteiger partial charge in [0.2, 0.25) is 0 Å². The van der Waals surface area contributed by atoms with Gasteiger partial charge in [-0.1, -0.05) is 0 Å². The molecule has 4 nitrogen and oxygen atoms in total. The molecular formula is C16H23ClN4. The average molecular weight is 307 g/mol. The molecule has 0 aromatic carbocycles. The third-order valence-electron chi connectivity index (χ3n) is 4.79. The van der Waals surface area contributed by atoms with Gasteiger partial charge in [0.25, 0.3) is 0 Å². The molecule has 2 aromatic rings. The predicted octanol–water partition coefficient (Wildman–Crippen LogP) is 3.52. The van der Waals surface area contributed by atoms with Crippen LogP contribution in [0.5, 0.6) is 0 Å². The van der Waals surface area contributed by atoms with E-state index in [0.29, 0.717) is 0 Å². The molecule has 0 amide bonds. The van der Waals surface area contributed by atoms with E-state index in [1.807, 2.05) is 20.0 Å². The van der Waals surface area contributed by atoms with Crippen molar-refractivity contribution in [3.05, 3.63) is 23.7 Å². The van der Waals surface area contributed by atoms with E-state index >= 15 is 0 Å². The molecule has 3 rings (SSSR count). The van der Waals surface area contributed by atoms with Crippen LogP contribution in [0.3, 0.4) is 0 Å². The lowest BCUT2D eigenvalue weighted by Gasteiger charge is -2.47. The largest absolute Gasteiger partial charge is 0.310 e. The van der Waals surface area contributed by atoms with E-state index in [4.69, 9.17) is 16.6 Å². The molecule has 2 aromatic heterocycles. The Kier molecular flexibility index (Phi) is 3.70. The molecule has 1 aliphatic rings. The number of alkyl halides is 1. The van der Waals surface area contributed by atoms with Crippen LogP contribution in [0, 0.1) is 6.92 Å². The summed E-state index contributed by atoms with van der Waals surface area (Å²) in [6.07, 6.45) is 5.65. The van der Waals surface area contributed by atoms with E-state index in [9.17, 15) is 0 Å². The number of aromatic nitrogens is 3. The zero-order chi connectivity index (χ0) is 15.2. The van der Waals surface area contributed by atoms with E-state index in [1.165, 1.54) is 19.3 Å². The second-order valence-electron chi connectivity index (χ2n) is 6.50. The molecule has 5 heteroatoms. The topological polar surface area (TPSA) is 34.0 Å². The third kappa shape index (κ3) is 2.44. The van der Waals surface area contributed by atoms with Crippen molar-refractivity contribution in [2.24, 2.45) is 0 Å². The summed E-state index contributed by atoms with van der Waals surface area (Å²) in [5.41, 5.74) is 3.26. The highest BCUT2D eigenvalue weighted by molar-refractivity contribution is 6.20. The summed E-state index contributed by atoms with van der Waals surface area (Å²) in [5, 5.41) is -0.112. The smallest absolute Gasteiger partial charge is 0.160 e. The van der Waals surface area contributed by atoms with Gasteiger partial charge >= 0.3 is 0 Å². The first-order chi connectivity index (χ1) is 9.93. The number of pyridine rings is 1. The minimum Gasteiger partial charge on any atom is -0.310 e. The summed E-state index contributed by atoms with van der Waals surface area (Å²) in [4.78, 5) is 11.7. The molecule has 21 heavy (non-hydrogen) atoms. The van der Waals surface area contributed by atoms with Gasteiger partial charge in [-0.3, -0.25) is 0 Å². The lowest BCUT2D eigenvalue weighted by atomic mass is 9.75. The fourth-order valence-corrected chi connectivity index (χ4v) is 3.38. The van der Waals surface area contributed by atoms with E-state index in [1.54, 1.807) is 0 Å². The Morgan fingerprint density at radius 2 is 2.14 bits per heavy atom. The van der Waals surface area contributed by atoms with Crippen LogP contribution < -0.4 is 0 Å². The minimum atomic E-state index is -0.112. The summed E-state index contributed by atoms with van der Waals surface area (Å²) in [5.74, 6) is 0.929. The highest BCUT2D eigenvalue weighted by atomic mass is 35.5. The highest BCUT2D eigenvalue weighted by Crippen LogP contribution is 2.39. The number of likely N-dealkylation sites (N-methyl/N-ethyl adjacent to an activating group) is 1. The number of fused-ring (bicyclic) bond motifs is 1. The van der Waals surface area contributed by atoms with Crippen molar-refractivity contribution >= 4 is 22.8 Å². The molecule has 2 heterocycles. The number of hydrogen-bond donors (Lipinski definition) is 0. The molecule has 0 spiro atoms. The van der Waals surface area contributed by atoms with E-state index in [2.05, 4.69) is 34.6 Å². The van der Waals surface area contributed by atoms with Crippen LogP contribution in [0.2, 0.25) is 0 Å². The first-order valence-corrected chi connectivity index (χ1v) is 8.01. The lowest BCUT2D eigenvalue weighted by molar-refractivity contribution is 0.0426. The maximum Gasteiger partial charge on any atom is 0.160 e. The van der Waals surface area contributed by atoms with Crippen LogP contribution in [-0.2, 0) is 6.54 Å². The maximum atomic E-state index is 6.36. The second-order valence-corrected chi connectivity index (χ2v) is 7.15. The van der Waals surface area contributed by atoms with Crippen molar-refractivity contribution in [2.75, 3.05) is 14.1 Å². The van der Waals surface area contributed by atoms with Gasteiger partial charge in [0.15, 0.2) is 5.65 Å². The monoisotopic (exact) mass is 306 g/mol. The van der Waals surface area contributed by atoms with Crippen LogP contribution in [-0.4, -0.2) is 39.1 Å². The summed E-state index contributed by atoms with van der Waals surface area (Å²) in [6.45, 7) is 4.94. The Balaban J connectivity index is 2.09. The average Bonchev–Trinajstić information content (AvgIpc) is 2.71. The summed E-state index contributed by atoms with van der Waals surface area (Å²) < 4.78 is 2.23. The van der Waals surface area contributed by atoms with E-state index < -0.39 is 0 Å². The third-order valence-corrected chi connectivity index (χ3v) is 4.99. The first kappa shape index (κ1) is 14.8. The zero-order valence-electron chi connectivity index (χ0n) is 13.2. The molecule has 1 saturated carbocycles. The number of nitrogens with zero attached hydrogens (tertiary/aromatic N) is 4. The van der Waals surface area contributed by atoms with Crippen LogP contribution in [0.15, 0.2) is 12.3 Å². The molecular weight excluding hydrogens is 284 g/mol. The molecule has 0 N–H and O–H groups in total. The van der Waals surface area contributed by atoms with Crippen molar-refractivity contribution in [2.45, 2.75) is 50.6 Å². The number of aryl methyl sites for hydroxylation is 1. The standard InChI is InChI=1S/C16H23ClN4/c1-11-8-13-15(18-9-11)21(14(19-13)12(2)17)10-16(20(3)4)6-5-7-16/h8-9,12H,5-7,10H2,1-4H3. The van der Waals surface area contributed by atoms with Crippen LogP contribution in [0.4, 0.5) is 0 Å². The maximum absolute atomic E-state index is 6.36. The van der Waals surface area contributed by atoms with Gasteiger partial charge in [0.05, 0.1) is 5.38 Å². The zero-order valence-corrected chi connectivity index (χ0v) is 14.0. The number of rotatable bonds is 4. The summed E-state index contributed by atoms with van der Waals surface area (Å²) in [6, 6.07) is 2.09. The van der Waals surface area contributed by atoms with Gasteiger partial charge in [-0.2, -0.15) is 0 Å². The van der Waals surface area contributed by atoms with E-state index in [-0.39, 0.29) is 10.9 Å². The Labute approximate surface area is 131 Å². The quantitative estimate of drug-likeness (QED) is 0.810. The van der Waals surface area contributed by atoms with Gasteiger partial charge in [0, 0.05) is 18.3 Å². The normalized spacial score (nSPS) is 19.0. The minimum absolute atomic E-state index is 0.112. The second kappa shape index (κ2) is 5.25. The molecule has 1 unspecified atom stereocenters. The van der Waals surface area contributed by atoms with Gasteiger partial charge in [-0.25, -0.2) is 9.97 Å². The Morgan fingerprint density at radius 3 is 2.67 bits per heavy atom. The van der Waals surface area contributed by atoms with Crippen molar-refractivity contribution in [1.29, 1.82) is 0 Å².